The van der Waals surface area contributed by atoms with Gasteiger partial charge in [-0.3, -0.25) is 9.78 Å². The summed E-state index contributed by atoms with van der Waals surface area (Å²) in [5.41, 5.74) is 6.98. The van der Waals surface area contributed by atoms with Crippen LogP contribution >= 0.6 is 0 Å². The van der Waals surface area contributed by atoms with Crippen molar-refractivity contribution in [3.63, 3.8) is 0 Å². The fraction of sp³-hybridized carbons (Fsp3) is 0.353. The van der Waals surface area contributed by atoms with Crippen molar-refractivity contribution in [2.24, 2.45) is 11.7 Å². The second kappa shape index (κ2) is 6.84. The fourth-order valence-electron chi connectivity index (χ4n) is 2.72. The molecule has 7 nitrogen and oxygen atoms in total. The fourth-order valence-corrected chi connectivity index (χ4v) is 2.72. The molecule has 1 unspecified atom stereocenters. The summed E-state index contributed by atoms with van der Waals surface area (Å²) in [7, 11) is 0. The maximum atomic E-state index is 12.3. The van der Waals surface area contributed by atoms with Gasteiger partial charge in [-0.25, -0.2) is 4.68 Å². The van der Waals surface area contributed by atoms with Crippen molar-refractivity contribution in [2.45, 2.75) is 26.3 Å². The zero-order chi connectivity index (χ0) is 17.1. The summed E-state index contributed by atoms with van der Waals surface area (Å²) in [6.07, 6.45) is 2.43. The highest BCUT2D eigenvalue weighted by Crippen LogP contribution is 2.15. The Hall–Kier alpha value is -2.67. The number of benzene rings is 1. The highest BCUT2D eigenvalue weighted by atomic mass is 16.1. The van der Waals surface area contributed by atoms with E-state index in [1.807, 2.05) is 30.3 Å². The number of hydrogen-bond acceptors (Lipinski definition) is 5. The third-order valence-electron chi connectivity index (χ3n) is 3.82. The number of rotatable bonds is 6. The van der Waals surface area contributed by atoms with E-state index >= 15 is 0 Å². The van der Waals surface area contributed by atoms with Crippen molar-refractivity contribution < 1.29 is 0 Å². The molecule has 0 aliphatic carbocycles. The van der Waals surface area contributed by atoms with Crippen LogP contribution in [0.4, 0.5) is 5.95 Å². The minimum atomic E-state index is -0.218. The number of hydrogen-bond donors (Lipinski definition) is 3. The first-order chi connectivity index (χ1) is 11.6. The third-order valence-corrected chi connectivity index (χ3v) is 3.82. The van der Waals surface area contributed by atoms with Crippen molar-refractivity contribution in [3.8, 4) is 5.69 Å². The molecule has 0 aliphatic heterocycles. The molecular weight excluding hydrogens is 304 g/mol. The molecule has 3 aromatic rings. The van der Waals surface area contributed by atoms with E-state index in [1.54, 1.807) is 4.68 Å². The number of H-pyrrole nitrogens is 1. The van der Waals surface area contributed by atoms with Crippen LogP contribution in [-0.4, -0.2) is 32.3 Å². The number of nitrogens with one attached hydrogen (secondary N) is 2. The maximum absolute atomic E-state index is 12.3. The smallest absolute Gasteiger partial charge is 0.263 e. The van der Waals surface area contributed by atoms with Crippen LogP contribution < -0.4 is 16.6 Å². The second-order valence-corrected chi connectivity index (χ2v) is 6.25. The van der Waals surface area contributed by atoms with E-state index in [4.69, 9.17) is 5.73 Å². The molecule has 0 radical (unpaired) electrons. The van der Waals surface area contributed by atoms with Crippen LogP contribution in [0.2, 0.25) is 0 Å². The SMILES string of the molecule is CC(C)CC(CN)Nc1nc2c(cnn2-c2ccccc2)c(=O)[nH]1. The molecule has 0 aliphatic rings. The van der Waals surface area contributed by atoms with Crippen molar-refractivity contribution in [1.82, 2.24) is 19.7 Å². The molecule has 7 heteroatoms. The van der Waals surface area contributed by atoms with Crippen molar-refractivity contribution in [3.05, 3.63) is 46.9 Å². The molecule has 4 N–H and O–H groups in total. The Morgan fingerprint density at radius 1 is 1.29 bits per heavy atom. The van der Waals surface area contributed by atoms with Gasteiger partial charge < -0.3 is 11.1 Å². The summed E-state index contributed by atoms with van der Waals surface area (Å²) in [4.78, 5) is 19.6. The molecule has 24 heavy (non-hydrogen) atoms. The second-order valence-electron chi connectivity index (χ2n) is 6.25. The molecule has 0 bridgehead atoms. The first-order valence-electron chi connectivity index (χ1n) is 8.08. The van der Waals surface area contributed by atoms with Gasteiger partial charge >= 0.3 is 0 Å². The summed E-state index contributed by atoms with van der Waals surface area (Å²) in [5, 5.41) is 7.98. The van der Waals surface area contributed by atoms with Crippen LogP contribution in [0.3, 0.4) is 0 Å². The summed E-state index contributed by atoms with van der Waals surface area (Å²) in [6, 6.07) is 9.66. The minimum Gasteiger partial charge on any atom is -0.352 e. The number of aromatic amines is 1. The Bertz CT molecular complexity index is 868. The van der Waals surface area contributed by atoms with Crippen LogP contribution in [0.1, 0.15) is 20.3 Å². The summed E-state index contributed by atoms with van der Waals surface area (Å²) in [5.74, 6) is 0.914. The first kappa shape index (κ1) is 16.2. The number of nitrogens with zero attached hydrogens (tertiary/aromatic N) is 3. The van der Waals surface area contributed by atoms with Gasteiger partial charge in [-0.1, -0.05) is 32.0 Å². The standard InChI is InChI=1S/C17H22N6O/c1-11(2)8-12(9-18)20-17-21-15-14(16(24)22-17)10-19-23(15)13-6-4-3-5-7-13/h3-7,10-12H,8-9,18H2,1-2H3,(H2,20,21,22,24). The number of aromatic nitrogens is 4. The highest BCUT2D eigenvalue weighted by Gasteiger charge is 2.14. The Balaban J connectivity index is 2.01. The molecule has 0 amide bonds. The molecule has 0 saturated heterocycles. The summed E-state index contributed by atoms with van der Waals surface area (Å²) in [6.45, 7) is 4.74. The van der Waals surface area contributed by atoms with Gasteiger partial charge in [0, 0.05) is 12.6 Å². The predicted octanol–water partition coefficient (Wildman–Crippen LogP) is 1.89. The number of anilines is 1. The average Bonchev–Trinajstić information content (AvgIpc) is 2.99. The minimum absolute atomic E-state index is 0.0543. The van der Waals surface area contributed by atoms with Gasteiger partial charge in [0.2, 0.25) is 5.95 Å². The predicted molar refractivity (Wildman–Crippen MR) is 95.4 cm³/mol. The van der Waals surface area contributed by atoms with Gasteiger partial charge in [-0.2, -0.15) is 10.1 Å². The molecule has 1 aromatic carbocycles. The van der Waals surface area contributed by atoms with E-state index in [0.29, 0.717) is 29.4 Å². The molecule has 3 rings (SSSR count). The zero-order valence-electron chi connectivity index (χ0n) is 13.9. The normalized spacial score (nSPS) is 12.7. The Morgan fingerprint density at radius 2 is 2.04 bits per heavy atom. The van der Waals surface area contributed by atoms with E-state index in [-0.39, 0.29) is 11.6 Å². The molecule has 126 valence electrons. The van der Waals surface area contributed by atoms with Gasteiger partial charge in [0.05, 0.1) is 11.9 Å². The molecule has 1 atom stereocenters. The maximum Gasteiger partial charge on any atom is 0.263 e. The van der Waals surface area contributed by atoms with Gasteiger partial charge in [-0.15, -0.1) is 0 Å². The summed E-state index contributed by atoms with van der Waals surface area (Å²) >= 11 is 0. The van der Waals surface area contributed by atoms with Gasteiger partial charge in [0.15, 0.2) is 5.65 Å². The lowest BCUT2D eigenvalue weighted by Crippen LogP contribution is -2.32. The molecule has 0 fully saturated rings. The quantitative estimate of drug-likeness (QED) is 0.642. The monoisotopic (exact) mass is 326 g/mol. The van der Waals surface area contributed by atoms with E-state index in [9.17, 15) is 4.79 Å². The van der Waals surface area contributed by atoms with Crippen LogP contribution in [0.15, 0.2) is 41.3 Å². The Labute approximate surface area is 139 Å². The number of fused-ring (bicyclic) bond motifs is 1. The van der Waals surface area contributed by atoms with E-state index in [2.05, 4.69) is 34.2 Å². The Morgan fingerprint density at radius 3 is 2.71 bits per heavy atom. The molecule has 2 aromatic heterocycles. The van der Waals surface area contributed by atoms with Crippen LogP contribution in [0.5, 0.6) is 0 Å². The highest BCUT2D eigenvalue weighted by molar-refractivity contribution is 5.76. The topological polar surface area (TPSA) is 102 Å². The van der Waals surface area contributed by atoms with E-state index in [1.165, 1.54) is 6.20 Å². The molecule has 0 saturated carbocycles. The van der Waals surface area contributed by atoms with Crippen molar-refractivity contribution >= 4 is 17.0 Å². The average molecular weight is 326 g/mol. The number of para-hydroxylation sites is 1. The zero-order valence-corrected chi connectivity index (χ0v) is 13.9. The summed E-state index contributed by atoms with van der Waals surface area (Å²) < 4.78 is 1.66. The lowest BCUT2D eigenvalue weighted by molar-refractivity contribution is 0.520. The third kappa shape index (κ3) is 3.30. The van der Waals surface area contributed by atoms with Crippen LogP contribution in [0, 0.1) is 5.92 Å². The van der Waals surface area contributed by atoms with Crippen molar-refractivity contribution in [1.29, 1.82) is 0 Å². The van der Waals surface area contributed by atoms with Crippen LogP contribution in [0.25, 0.3) is 16.7 Å². The van der Waals surface area contributed by atoms with Crippen molar-refractivity contribution in [2.75, 3.05) is 11.9 Å². The Kier molecular flexibility index (Phi) is 4.61. The molecule has 2 heterocycles. The first-order valence-corrected chi connectivity index (χ1v) is 8.08. The van der Waals surface area contributed by atoms with Crippen LogP contribution in [-0.2, 0) is 0 Å². The molecule has 0 spiro atoms. The lowest BCUT2D eigenvalue weighted by Gasteiger charge is -2.19. The molecular formula is C17H22N6O. The van der Waals surface area contributed by atoms with Gasteiger partial charge in [0.1, 0.15) is 5.39 Å². The largest absolute Gasteiger partial charge is 0.352 e. The lowest BCUT2D eigenvalue weighted by atomic mass is 10.0. The van der Waals surface area contributed by atoms with E-state index < -0.39 is 0 Å². The van der Waals surface area contributed by atoms with E-state index in [0.717, 1.165) is 12.1 Å². The van der Waals surface area contributed by atoms with Gasteiger partial charge in [0.25, 0.3) is 5.56 Å². The van der Waals surface area contributed by atoms with Gasteiger partial charge in [-0.05, 0) is 24.5 Å². The number of nitrogens with two attached hydrogens (primary N) is 1.